The van der Waals surface area contributed by atoms with Gasteiger partial charge < -0.3 is 10.5 Å². The molecule has 1 atom stereocenters. The zero-order chi connectivity index (χ0) is 12.8. The second-order valence-corrected chi connectivity index (χ2v) is 3.97. The van der Waals surface area contributed by atoms with Crippen molar-refractivity contribution in [1.29, 1.82) is 0 Å². The van der Waals surface area contributed by atoms with Crippen LogP contribution in [0.5, 0.6) is 5.75 Å². The summed E-state index contributed by atoms with van der Waals surface area (Å²) >= 11 is 0. The summed E-state index contributed by atoms with van der Waals surface area (Å²) in [5.41, 5.74) is 7.32. The third kappa shape index (κ3) is 4.65. The van der Waals surface area contributed by atoms with E-state index in [0.29, 0.717) is 17.9 Å². The van der Waals surface area contributed by atoms with Crippen molar-refractivity contribution in [3.63, 3.8) is 0 Å². The Kier molecular flexibility index (Phi) is 5.28. The highest BCUT2D eigenvalue weighted by molar-refractivity contribution is 5.30. The van der Waals surface area contributed by atoms with Crippen LogP contribution in [-0.2, 0) is 6.42 Å². The van der Waals surface area contributed by atoms with Gasteiger partial charge in [0.2, 0.25) is 0 Å². The largest absolute Gasteiger partial charge is 0.486 e. The first-order chi connectivity index (χ1) is 8.02. The lowest BCUT2D eigenvalue weighted by atomic mass is 10.1. The molecule has 0 aliphatic rings. The highest BCUT2D eigenvalue weighted by Crippen LogP contribution is 2.19. The molecule has 0 aliphatic carbocycles. The van der Waals surface area contributed by atoms with Gasteiger partial charge in [-0.3, -0.25) is 4.98 Å². The molecule has 3 nitrogen and oxygen atoms in total. The van der Waals surface area contributed by atoms with Crippen LogP contribution in [0.4, 0.5) is 8.78 Å². The molecule has 0 saturated heterocycles. The summed E-state index contributed by atoms with van der Waals surface area (Å²) in [5, 5.41) is 0. The third-order valence-corrected chi connectivity index (χ3v) is 2.42. The standard InChI is InChI=1S/C12H18F2N2O/c1-3-9(15)6-10-11(17-7-12(13)14)5-4-8(2)16-10/h4-5,9,12H,3,6-7,15H2,1-2H3. The van der Waals surface area contributed by atoms with E-state index >= 15 is 0 Å². The minimum Gasteiger partial charge on any atom is -0.486 e. The van der Waals surface area contributed by atoms with Crippen LogP contribution in [0.3, 0.4) is 0 Å². The summed E-state index contributed by atoms with van der Waals surface area (Å²) < 4.78 is 29.2. The number of alkyl halides is 2. The normalized spacial score (nSPS) is 12.8. The quantitative estimate of drug-likeness (QED) is 0.835. The number of pyridine rings is 1. The van der Waals surface area contributed by atoms with Crippen LogP contribution in [0, 0.1) is 6.92 Å². The maximum Gasteiger partial charge on any atom is 0.272 e. The fourth-order valence-electron chi connectivity index (χ4n) is 1.42. The summed E-state index contributed by atoms with van der Waals surface area (Å²) in [7, 11) is 0. The summed E-state index contributed by atoms with van der Waals surface area (Å²) in [4.78, 5) is 4.29. The van der Waals surface area contributed by atoms with Crippen LogP contribution in [0.15, 0.2) is 12.1 Å². The van der Waals surface area contributed by atoms with Crippen LogP contribution in [0.25, 0.3) is 0 Å². The second-order valence-electron chi connectivity index (χ2n) is 3.97. The van der Waals surface area contributed by atoms with Gasteiger partial charge in [0.25, 0.3) is 6.43 Å². The van der Waals surface area contributed by atoms with Crippen molar-refractivity contribution in [3.05, 3.63) is 23.5 Å². The zero-order valence-corrected chi connectivity index (χ0v) is 10.1. The fraction of sp³-hybridized carbons (Fsp3) is 0.583. The average Bonchev–Trinajstić information content (AvgIpc) is 2.27. The Labute approximate surface area is 100.0 Å². The molecule has 0 aliphatic heterocycles. The van der Waals surface area contributed by atoms with E-state index in [-0.39, 0.29) is 6.04 Å². The number of ether oxygens (including phenoxy) is 1. The topological polar surface area (TPSA) is 48.1 Å². The minimum atomic E-state index is -2.48. The maximum absolute atomic E-state index is 12.1. The molecular formula is C12H18F2N2O. The highest BCUT2D eigenvalue weighted by atomic mass is 19.3. The van der Waals surface area contributed by atoms with Crippen molar-refractivity contribution < 1.29 is 13.5 Å². The van der Waals surface area contributed by atoms with Gasteiger partial charge in [-0.25, -0.2) is 8.78 Å². The third-order valence-electron chi connectivity index (χ3n) is 2.42. The number of hydrogen-bond acceptors (Lipinski definition) is 3. The average molecular weight is 244 g/mol. The molecule has 1 unspecified atom stereocenters. The molecule has 0 amide bonds. The van der Waals surface area contributed by atoms with Gasteiger partial charge in [-0.05, 0) is 25.5 Å². The Hall–Kier alpha value is -1.23. The van der Waals surface area contributed by atoms with Gasteiger partial charge in [-0.15, -0.1) is 0 Å². The van der Waals surface area contributed by atoms with E-state index in [1.807, 2.05) is 13.8 Å². The molecule has 0 fully saturated rings. The van der Waals surface area contributed by atoms with E-state index in [1.165, 1.54) is 0 Å². The Morgan fingerprint density at radius 3 is 2.71 bits per heavy atom. The van der Waals surface area contributed by atoms with Crippen molar-refractivity contribution in [2.75, 3.05) is 6.61 Å². The Balaban J connectivity index is 2.79. The van der Waals surface area contributed by atoms with E-state index in [4.69, 9.17) is 10.5 Å². The van der Waals surface area contributed by atoms with E-state index in [0.717, 1.165) is 12.1 Å². The summed E-state index contributed by atoms with van der Waals surface area (Å²) in [6.45, 7) is 3.21. The molecule has 17 heavy (non-hydrogen) atoms. The Morgan fingerprint density at radius 2 is 2.12 bits per heavy atom. The van der Waals surface area contributed by atoms with Crippen LogP contribution >= 0.6 is 0 Å². The molecule has 0 radical (unpaired) electrons. The van der Waals surface area contributed by atoms with Crippen molar-refractivity contribution in [3.8, 4) is 5.75 Å². The molecule has 1 aromatic rings. The summed E-state index contributed by atoms with van der Waals surface area (Å²) in [5.74, 6) is 0.403. The molecule has 2 N–H and O–H groups in total. The lowest BCUT2D eigenvalue weighted by Gasteiger charge is -2.14. The van der Waals surface area contributed by atoms with Gasteiger partial charge in [0.05, 0.1) is 5.69 Å². The molecule has 0 aromatic carbocycles. The number of rotatable bonds is 6. The summed E-state index contributed by atoms with van der Waals surface area (Å²) in [6.07, 6.45) is -1.13. The molecule has 96 valence electrons. The first-order valence-electron chi connectivity index (χ1n) is 5.66. The predicted octanol–water partition coefficient (Wildman–Crippen LogP) is 2.31. The number of nitrogens with zero attached hydrogens (tertiary/aromatic N) is 1. The first kappa shape index (κ1) is 13.8. The van der Waals surface area contributed by atoms with Crippen LogP contribution < -0.4 is 10.5 Å². The van der Waals surface area contributed by atoms with Gasteiger partial charge in [0, 0.05) is 18.2 Å². The molecule has 1 aromatic heterocycles. The second kappa shape index (κ2) is 6.49. The van der Waals surface area contributed by atoms with Crippen molar-refractivity contribution in [2.24, 2.45) is 5.73 Å². The van der Waals surface area contributed by atoms with Crippen LogP contribution in [-0.4, -0.2) is 24.1 Å². The lowest BCUT2D eigenvalue weighted by molar-refractivity contribution is 0.0811. The molecule has 0 spiro atoms. The Morgan fingerprint density at radius 1 is 1.41 bits per heavy atom. The van der Waals surface area contributed by atoms with E-state index < -0.39 is 13.0 Å². The molecular weight excluding hydrogens is 226 g/mol. The number of halogens is 2. The minimum absolute atomic E-state index is 0.0294. The molecule has 0 saturated carbocycles. The summed E-state index contributed by atoms with van der Waals surface area (Å²) in [6, 6.07) is 3.38. The van der Waals surface area contributed by atoms with Gasteiger partial charge in [0.1, 0.15) is 12.4 Å². The molecule has 1 heterocycles. The van der Waals surface area contributed by atoms with E-state index in [9.17, 15) is 8.78 Å². The number of aromatic nitrogens is 1. The Bertz CT molecular complexity index is 358. The number of hydrogen-bond donors (Lipinski definition) is 1. The number of aryl methyl sites for hydroxylation is 1. The first-order valence-corrected chi connectivity index (χ1v) is 5.66. The van der Waals surface area contributed by atoms with Gasteiger partial charge >= 0.3 is 0 Å². The van der Waals surface area contributed by atoms with Crippen molar-refractivity contribution >= 4 is 0 Å². The smallest absolute Gasteiger partial charge is 0.272 e. The molecule has 5 heteroatoms. The molecule has 0 bridgehead atoms. The SMILES string of the molecule is CCC(N)Cc1nc(C)ccc1OCC(F)F. The van der Waals surface area contributed by atoms with Crippen LogP contribution in [0.2, 0.25) is 0 Å². The van der Waals surface area contributed by atoms with Gasteiger partial charge in [-0.2, -0.15) is 0 Å². The fourth-order valence-corrected chi connectivity index (χ4v) is 1.42. The maximum atomic E-state index is 12.1. The number of nitrogens with two attached hydrogens (primary N) is 1. The monoisotopic (exact) mass is 244 g/mol. The van der Waals surface area contributed by atoms with Gasteiger partial charge in [-0.1, -0.05) is 6.92 Å². The van der Waals surface area contributed by atoms with E-state index in [2.05, 4.69) is 4.98 Å². The highest BCUT2D eigenvalue weighted by Gasteiger charge is 2.12. The molecule has 1 rings (SSSR count). The predicted molar refractivity (Wildman–Crippen MR) is 62.4 cm³/mol. The lowest BCUT2D eigenvalue weighted by Crippen LogP contribution is -2.23. The zero-order valence-electron chi connectivity index (χ0n) is 10.1. The van der Waals surface area contributed by atoms with Crippen LogP contribution in [0.1, 0.15) is 24.7 Å². The van der Waals surface area contributed by atoms with Crippen molar-refractivity contribution in [2.45, 2.75) is 39.2 Å². The van der Waals surface area contributed by atoms with Crippen molar-refractivity contribution in [1.82, 2.24) is 4.98 Å². The van der Waals surface area contributed by atoms with E-state index in [1.54, 1.807) is 12.1 Å². The van der Waals surface area contributed by atoms with Gasteiger partial charge in [0.15, 0.2) is 0 Å².